The number of hydrogen-bond acceptors (Lipinski definition) is 6. The van der Waals surface area contributed by atoms with E-state index in [1.165, 1.54) is 0 Å². The van der Waals surface area contributed by atoms with Gasteiger partial charge in [-0.1, -0.05) is 6.92 Å². The van der Waals surface area contributed by atoms with Crippen LogP contribution in [0.15, 0.2) is 18.2 Å². The second-order valence-corrected chi connectivity index (χ2v) is 9.60. The van der Waals surface area contributed by atoms with Crippen molar-refractivity contribution in [2.75, 3.05) is 44.8 Å². The van der Waals surface area contributed by atoms with Crippen molar-refractivity contribution in [3.63, 3.8) is 0 Å². The Morgan fingerprint density at radius 1 is 1.39 bits per heavy atom. The monoisotopic (exact) mass is 413 g/mol. The SMILES string of the molecule is C[C@@H]1CN([C@@H](C)CO)C(=O)Cc2cc(NS(C)(=O)=O)ccc2O[C@@H]1CN(C)C. The summed E-state index contributed by atoms with van der Waals surface area (Å²) in [6.45, 7) is 4.86. The highest BCUT2D eigenvalue weighted by atomic mass is 32.2. The van der Waals surface area contributed by atoms with Crippen LogP contribution in [0.25, 0.3) is 0 Å². The third-order valence-electron chi connectivity index (χ3n) is 4.76. The van der Waals surface area contributed by atoms with E-state index in [4.69, 9.17) is 4.74 Å². The Morgan fingerprint density at radius 2 is 2.07 bits per heavy atom. The molecule has 0 radical (unpaired) electrons. The van der Waals surface area contributed by atoms with Gasteiger partial charge < -0.3 is 19.6 Å². The van der Waals surface area contributed by atoms with Gasteiger partial charge in [-0.2, -0.15) is 0 Å². The van der Waals surface area contributed by atoms with Gasteiger partial charge in [-0.15, -0.1) is 0 Å². The Morgan fingerprint density at radius 3 is 2.64 bits per heavy atom. The molecule has 1 aromatic rings. The minimum Gasteiger partial charge on any atom is -0.488 e. The first-order valence-corrected chi connectivity index (χ1v) is 11.2. The van der Waals surface area contributed by atoms with Crippen molar-refractivity contribution in [2.24, 2.45) is 5.92 Å². The molecular formula is C19H31N3O5S. The van der Waals surface area contributed by atoms with Crippen molar-refractivity contribution in [3.05, 3.63) is 23.8 Å². The highest BCUT2D eigenvalue weighted by Gasteiger charge is 2.30. The lowest BCUT2D eigenvalue weighted by atomic mass is 10.0. The first-order chi connectivity index (χ1) is 13.0. The first-order valence-electron chi connectivity index (χ1n) is 9.32. The average molecular weight is 414 g/mol. The molecule has 8 nitrogen and oxygen atoms in total. The number of sulfonamides is 1. The Hall–Kier alpha value is -1.84. The molecule has 158 valence electrons. The molecule has 2 rings (SSSR count). The van der Waals surface area contributed by atoms with Crippen LogP contribution in [0, 0.1) is 5.92 Å². The molecule has 0 unspecified atom stereocenters. The summed E-state index contributed by atoms with van der Waals surface area (Å²) in [5.41, 5.74) is 1.00. The number of rotatable bonds is 6. The molecular weight excluding hydrogens is 382 g/mol. The van der Waals surface area contributed by atoms with Crippen LogP contribution in [0.4, 0.5) is 5.69 Å². The number of aliphatic hydroxyl groups excluding tert-OH is 1. The fourth-order valence-corrected chi connectivity index (χ4v) is 3.84. The summed E-state index contributed by atoms with van der Waals surface area (Å²) in [5.74, 6) is 0.491. The van der Waals surface area contributed by atoms with Crippen LogP contribution in [0.5, 0.6) is 5.75 Å². The molecule has 9 heteroatoms. The molecule has 0 bridgehead atoms. The van der Waals surface area contributed by atoms with Gasteiger partial charge in [-0.3, -0.25) is 9.52 Å². The van der Waals surface area contributed by atoms with Crippen LogP contribution in [0.2, 0.25) is 0 Å². The number of hydrogen-bond donors (Lipinski definition) is 2. The van der Waals surface area contributed by atoms with E-state index in [1.807, 2.05) is 32.8 Å². The first kappa shape index (κ1) is 22.4. The Balaban J connectivity index is 2.46. The van der Waals surface area contributed by atoms with Gasteiger partial charge in [-0.25, -0.2) is 8.42 Å². The number of nitrogens with zero attached hydrogens (tertiary/aromatic N) is 2. The Kier molecular flexibility index (Phi) is 7.30. The van der Waals surface area contributed by atoms with Crippen LogP contribution >= 0.6 is 0 Å². The Bertz CT molecular complexity index is 797. The smallest absolute Gasteiger partial charge is 0.229 e. The average Bonchev–Trinajstić information content (AvgIpc) is 2.62. The lowest BCUT2D eigenvalue weighted by molar-refractivity contribution is -0.134. The zero-order valence-corrected chi connectivity index (χ0v) is 18.0. The number of aliphatic hydroxyl groups is 1. The largest absolute Gasteiger partial charge is 0.488 e. The molecule has 28 heavy (non-hydrogen) atoms. The van der Waals surface area contributed by atoms with E-state index in [0.717, 1.165) is 6.26 Å². The van der Waals surface area contributed by atoms with Gasteiger partial charge in [0.05, 0.1) is 25.3 Å². The quantitative estimate of drug-likeness (QED) is 0.715. The lowest BCUT2D eigenvalue weighted by Crippen LogP contribution is -2.47. The third kappa shape index (κ3) is 6.08. The topological polar surface area (TPSA) is 99.2 Å². The number of carbonyl (C=O) groups is 1. The standard InChI is InChI=1S/C19H31N3O5S/c1-13-10-22(14(2)12-23)19(24)9-15-8-16(20-28(5,25)26)6-7-17(15)27-18(13)11-21(3)4/h6-8,13-14,18,20,23H,9-12H2,1-5H3/t13-,14+,18-/m1/s1. The van der Waals surface area contributed by atoms with Gasteiger partial charge in [0.25, 0.3) is 0 Å². The molecule has 0 saturated carbocycles. The molecule has 1 heterocycles. The number of ether oxygens (including phenoxy) is 1. The van der Waals surface area contributed by atoms with Gasteiger partial charge >= 0.3 is 0 Å². The van der Waals surface area contributed by atoms with Crippen LogP contribution in [0.1, 0.15) is 19.4 Å². The van der Waals surface area contributed by atoms with Gasteiger partial charge in [0.1, 0.15) is 11.9 Å². The van der Waals surface area contributed by atoms with E-state index in [2.05, 4.69) is 4.72 Å². The second kappa shape index (κ2) is 9.11. The molecule has 1 aliphatic heterocycles. The molecule has 1 aliphatic rings. The molecule has 0 saturated heterocycles. The van der Waals surface area contributed by atoms with Gasteiger partial charge in [0.2, 0.25) is 15.9 Å². The molecule has 0 spiro atoms. The van der Waals surface area contributed by atoms with Crippen molar-refractivity contribution in [1.29, 1.82) is 0 Å². The summed E-state index contributed by atoms with van der Waals surface area (Å²) in [6.07, 6.45) is 0.984. The minimum absolute atomic E-state index is 0.0418. The zero-order valence-electron chi connectivity index (χ0n) is 17.2. The van der Waals surface area contributed by atoms with Crippen molar-refractivity contribution >= 4 is 21.6 Å². The summed E-state index contributed by atoms with van der Waals surface area (Å²) in [7, 11) is 0.490. The van der Waals surface area contributed by atoms with Gasteiger partial charge in [0, 0.05) is 30.3 Å². The molecule has 1 aromatic carbocycles. The highest BCUT2D eigenvalue weighted by Crippen LogP contribution is 2.29. The van der Waals surface area contributed by atoms with E-state index in [-0.39, 0.29) is 37.0 Å². The minimum atomic E-state index is -3.43. The number of amides is 1. The summed E-state index contributed by atoms with van der Waals surface area (Å²) >= 11 is 0. The maximum absolute atomic E-state index is 13.0. The molecule has 0 aromatic heterocycles. The van der Waals surface area contributed by atoms with Gasteiger partial charge in [-0.05, 0) is 39.2 Å². The van der Waals surface area contributed by atoms with E-state index in [9.17, 15) is 18.3 Å². The lowest BCUT2D eigenvalue weighted by Gasteiger charge is -2.33. The highest BCUT2D eigenvalue weighted by molar-refractivity contribution is 7.92. The third-order valence-corrected chi connectivity index (χ3v) is 5.37. The number of benzene rings is 1. The maximum Gasteiger partial charge on any atom is 0.229 e. The molecule has 0 aliphatic carbocycles. The predicted octanol–water partition coefficient (Wildman–Crippen LogP) is 0.769. The van der Waals surface area contributed by atoms with E-state index in [1.54, 1.807) is 23.1 Å². The van der Waals surface area contributed by atoms with Crippen molar-refractivity contribution < 1.29 is 23.1 Å². The maximum atomic E-state index is 13.0. The summed E-state index contributed by atoms with van der Waals surface area (Å²) < 4.78 is 31.8. The number of anilines is 1. The number of fused-ring (bicyclic) bond motifs is 1. The predicted molar refractivity (Wildman–Crippen MR) is 109 cm³/mol. The molecule has 2 N–H and O–H groups in total. The second-order valence-electron chi connectivity index (χ2n) is 7.85. The Labute approximate surface area is 167 Å². The fourth-order valence-electron chi connectivity index (χ4n) is 3.28. The van der Waals surface area contributed by atoms with E-state index >= 15 is 0 Å². The van der Waals surface area contributed by atoms with Crippen molar-refractivity contribution in [3.8, 4) is 5.75 Å². The molecule has 1 amide bonds. The summed E-state index contributed by atoms with van der Waals surface area (Å²) in [4.78, 5) is 16.7. The number of likely N-dealkylation sites (N-methyl/N-ethyl adjacent to an activating group) is 1. The van der Waals surface area contributed by atoms with E-state index in [0.29, 0.717) is 30.1 Å². The van der Waals surface area contributed by atoms with Gasteiger partial charge in [0.15, 0.2) is 0 Å². The number of nitrogens with one attached hydrogen (secondary N) is 1. The van der Waals surface area contributed by atoms with Crippen LogP contribution in [-0.2, 0) is 21.2 Å². The summed E-state index contributed by atoms with van der Waals surface area (Å²) in [5, 5.41) is 9.59. The molecule has 3 atom stereocenters. The van der Waals surface area contributed by atoms with Crippen LogP contribution in [0.3, 0.4) is 0 Å². The van der Waals surface area contributed by atoms with Crippen molar-refractivity contribution in [1.82, 2.24) is 9.80 Å². The summed E-state index contributed by atoms with van der Waals surface area (Å²) in [6, 6.07) is 4.66. The normalized spacial score (nSPS) is 22.0. The van der Waals surface area contributed by atoms with E-state index < -0.39 is 10.0 Å². The van der Waals surface area contributed by atoms with Crippen molar-refractivity contribution in [2.45, 2.75) is 32.4 Å². The van der Waals surface area contributed by atoms with Crippen LogP contribution < -0.4 is 9.46 Å². The molecule has 0 fully saturated rings. The zero-order chi connectivity index (χ0) is 21.1. The van der Waals surface area contributed by atoms with Crippen LogP contribution in [-0.4, -0.2) is 81.4 Å². The number of carbonyl (C=O) groups excluding carboxylic acids is 1. The fraction of sp³-hybridized carbons (Fsp3) is 0.632.